The fourth-order valence-electron chi connectivity index (χ4n) is 3.03. The van der Waals surface area contributed by atoms with E-state index < -0.39 is 6.10 Å². The van der Waals surface area contributed by atoms with E-state index in [2.05, 4.69) is 30.4 Å². The Labute approximate surface area is 146 Å². The molecule has 0 aliphatic carbocycles. The lowest BCUT2D eigenvalue weighted by Crippen LogP contribution is -2.53. The minimum absolute atomic E-state index is 0.0790. The van der Waals surface area contributed by atoms with E-state index in [1.807, 2.05) is 25.1 Å². The van der Waals surface area contributed by atoms with Gasteiger partial charge in [0.25, 0.3) is 0 Å². The van der Waals surface area contributed by atoms with E-state index in [-0.39, 0.29) is 11.9 Å². The largest absolute Gasteiger partial charge is 0.390 e. The van der Waals surface area contributed by atoms with Gasteiger partial charge in [-0.05, 0) is 25.5 Å². The van der Waals surface area contributed by atoms with E-state index in [1.165, 1.54) is 0 Å². The number of aliphatic hydroxyl groups is 1. The van der Waals surface area contributed by atoms with Gasteiger partial charge in [-0.3, -0.25) is 19.8 Å². The van der Waals surface area contributed by atoms with Crippen LogP contribution in [0.1, 0.15) is 30.2 Å². The number of likely N-dealkylation sites (tertiary alicyclic amines) is 1. The first kappa shape index (κ1) is 17.5. The molecule has 3 N–H and O–H groups in total. The molecule has 2 aromatic rings. The van der Waals surface area contributed by atoms with E-state index in [0.717, 1.165) is 24.5 Å². The van der Waals surface area contributed by atoms with E-state index in [1.54, 1.807) is 6.20 Å². The number of aryl methyl sites for hydroxylation is 2. The molecule has 1 amide bonds. The molecule has 0 unspecified atom stereocenters. The highest BCUT2D eigenvalue weighted by molar-refractivity contribution is 5.76. The Morgan fingerprint density at radius 2 is 2.36 bits per heavy atom. The van der Waals surface area contributed by atoms with Crippen molar-refractivity contribution >= 4 is 5.91 Å². The average molecular weight is 344 g/mol. The van der Waals surface area contributed by atoms with Crippen molar-refractivity contribution in [2.75, 3.05) is 13.1 Å². The quantitative estimate of drug-likeness (QED) is 0.691. The molecule has 1 fully saturated rings. The summed E-state index contributed by atoms with van der Waals surface area (Å²) in [5.74, 6) is 1.30. The molecule has 1 aliphatic rings. The fourth-order valence-corrected chi connectivity index (χ4v) is 3.03. The van der Waals surface area contributed by atoms with Crippen molar-refractivity contribution < 1.29 is 9.90 Å². The van der Waals surface area contributed by atoms with Crippen LogP contribution in [0.15, 0.2) is 24.4 Å². The Bertz CT molecular complexity index is 689. The van der Waals surface area contributed by atoms with Crippen LogP contribution in [-0.4, -0.2) is 61.3 Å². The Morgan fingerprint density at radius 3 is 3.04 bits per heavy atom. The summed E-state index contributed by atoms with van der Waals surface area (Å²) in [5, 5.41) is 20.1. The van der Waals surface area contributed by atoms with Crippen LogP contribution in [0, 0.1) is 6.92 Å². The molecule has 0 bridgehead atoms. The monoisotopic (exact) mass is 344 g/mol. The molecule has 1 saturated heterocycles. The van der Waals surface area contributed by atoms with Crippen molar-refractivity contribution in [3.63, 3.8) is 0 Å². The van der Waals surface area contributed by atoms with E-state index >= 15 is 0 Å². The van der Waals surface area contributed by atoms with Crippen molar-refractivity contribution in [2.24, 2.45) is 0 Å². The predicted molar refractivity (Wildman–Crippen MR) is 91.5 cm³/mol. The van der Waals surface area contributed by atoms with Crippen molar-refractivity contribution in [3.8, 4) is 0 Å². The van der Waals surface area contributed by atoms with Crippen LogP contribution in [0.3, 0.4) is 0 Å². The van der Waals surface area contributed by atoms with Gasteiger partial charge in [0.15, 0.2) is 5.82 Å². The molecule has 2 atom stereocenters. The maximum absolute atomic E-state index is 12.1. The van der Waals surface area contributed by atoms with Crippen molar-refractivity contribution in [1.82, 2.24) is 30.4 Å². The van der Waals surface area contributed by atoms with Gasteiger partial charge in [0, 0.05) is 38.7 Å². The van der Waals surface area contributed by atoms with Gasteiger partial charge in [0.2, 0.25) is 5.91 Å². The van der Waals surface area contributed by atoms with Crippen LogP contribution in [-0.2, 0) is 17.8 Å². The first-order valence-electron chi connectivity index (χ1n) is 8.58. The molecular weight excluding hydrogens is 320 g/mol. The molecule has 134 valence electrons. The lowest BCUT2D eigenvalue weighted by molar-refractivity contribution is -0.123. The molecule has 1 aliphatic heterocycles. The highest BCUT2D eigenvalue weighted by Crippen LogP contribution is 2.14. The number of aromatic nitrogens is 4. The SMILES string of the molecule is Cc1nc(CCC(=O)N[C@@H]2CCN(Cc3ccccn3)C[C@H]2O)n[nH]1. The van der Waals surface area contributed by atoms with Crippen LogP contribution in [0.2, 0.25) is 0 Å². The maximum Gasteiger partial charge on any atom is 0.220 e. The number of hydrogen-bond donors (Lipinski definition) is 3. The molecular formula is C17H24N6O2. The molecule has 2 aromatic heterocycles. The minimum Gasteiger partial charge on any atom is -0.390 e. The summed E-state index contributed by atoms with van der Waals surface area (Å²) in [5.41, 5.74) is 0.985. The lowest BCUT2D eigenvalue weighted by atomic mass is 10.0. The second kappa shape index (κ2) is 8.17. The van der Waals surface area contributed by atoms with Gasteiger partial charge < -0.3 is 10.4 Å². The zero-order valence-electron chi connectivity index (χ0n) is 14.4. The van der Waals surface area contributed by atoms with Gasteiger partial charge in [0.1, 0.15) is 5.82 Å². The normalized spacial score (nSPS) is 21.2. The number of nitrogens with one attached hydrogen (secondary N) is 2. The highest BCUT2D eigenvalue weighted by atomic mass is 16.3. The molecule has 3 rings (SSSR count). The number of H-pyrrole nitrogens is 1. The lowest BCUT2D eigenvalue weighted by Gasteiger charge is -2.36. The van der Waals surface area contributed by atoms with Gasteiger partial charge in [-0.15, -0.1) is 0 Å². The number of pyridine rings is 1. The maximum atomic E-state index is 12.1. The predicted octanol–water partition coefficient (Wildman–Crippen LogP) is 0.192. The first-order chi connectivity index (χ1) is 12.1. The third-order valence-electron chi connectivity index (χ3n) is 4.34. The number of hydrogen-bond acceptors (Lipinski definition) is 6. The summed E-state index contributed by atoms with van der Waals surface area (Å²) in [6, 6.07) is 5.62. The van der Waals surface area contributed by atoms with Crippen molar-refractivity contribution in [3.05, 3.63) is 41.7 Å². The standard InChI is InChI=1S/C17H24N6O2/c1-12-19-16(22-21-12)5-6-17(25)20-14-7-9-23(11-15(14)24)10-13-4-2-3-8-18-13/h2-4,8,14-15,24H,5-7,9-11H2,1H3,(H,20,25)(H,19,21,22)/t14-,15-/m1/s1. The highest BCUT2D eigenvalue weighted by Gasteiger charge is 2.28. The average Bonchev–Trinajstić information content (AvgIpc) is 3.02. The third kappa shape index (κ3) is 5.07. The Morgan fingerprint density at radius 1 is 1.48 bits per heavy atom. The smallest absolute Gasteiger partial charge is 0.220 e. The van der Waals surface area contributed by atoms with Gasteiger partial charge in [-0.1, -0.05) is 6.07 Å². The number of aliphatic hydroxyl groups excluding tert-OH is 1. The fraction of sp³-hybridized carbons (Fsp3) is 0.529. The van der Waals surface area contributed by atoms with Crippen LogP contribution >= 0.6 is 0 Å². The second-order valence-corrected chi connectivity index (χ2v) is 6.42. The summed E-state index contributed by atoms with van der Waals surface area (Å²) in [6.45, 7) is 3.88. The van der Waals surface area contributed by atoms with Crippen molar-refractivity contribution in [2.45, 2.75) is 44.9 Å². The molecule has 8 heteroatoms. The van der Waals surface area contributed by atoms with Crippen LogP contribution in [0.25, 0.3) is 0 Å². The van der Waals surface area contributed by atoms with Gasteiger partial charge in [-0.25, -0.2) is 4.98 Å². The Hall–Kier alpha value is -2.32. The topological polar surface area (TPSA) is 107 Å². The van der Waals surface area contributed by atoms with Crippen LogP contribution < -0.4 is 5.32 Å². The van der Waals surface area contributed by atoms with Gasteiger partial charge in [0.05, 0.1) is 17.8 Å². The molecule has 0 aromatic carbocycles. The molecule has 3 heterocycles. The number of carbonyl (C=O) groups is 1. The molecule has 0 saturated carbocycles. The number of aromatic amines is 1. The molecule has 0 radical (unpaired) electrons. The zero-order valence-corrected chi connectivity index (χ0v) is 14.4. The molecule has 25 heavy (non-hydrogen) atoms. The summed E-state index contributed by atoms with van der Waals surface area (Å²) in [6.07, 6.45) is 2.73. The Balaban J connectivity index is 1.42. The summed E-state index contributed by atoms with van der Waals surface area (Å²) < 4.78 is 0. The zero-order chi connectivity index (χ0) is 17.6. The number of nitrogens with zero attached hydrogens (tertiary/aromatic N) is 4. The molecule has 0 spiro atoms. The number of carbonyl (C=O) groups excluding carboxylic acids is 1. The third-order valence-corrected chi connectivity index (χ3v) is 4.34. The first-order valence-corrected chi connectivity index (χ1v) is 8.58. The van der Waals surface area contributed by atoms with E-state index in [9.17, 15) is 9.90 Å². The minimum atomic E-state index is -0.577. The van der Waals surface area contributed by atoms with Gasteiger partial charge in [-0.2, -0.15) is 5.10 Å². The van der Waals surface area contributed by atoms with Crippen molar-refractivity contribution in [1.29, 1.82) is 0 Å². The van der Waals surface area contributed by atoms with E-state index in [4.69, 9.17) is 0 Å². The van der Waals surface area contributed by atoms with Gasteiger partial charge >= 0.3 is 0 Å². The number of β-amino-alcohol motifs (C(OH)–C–C–N with tert-alkyl or cyclic N) is 1. The van der Waals surface area contributed by atoms with Crippen LogP contribution in [0.4, 0.5) is 0 Å². The summed E-state index contributed by atoms with van der Waals surface area (Å²) in [4.78, 5) is 22.8. The number of piperidine rings is 1. The second-order valence-electron chi connectivity index (χ2n) is 6.42. The summed E-state index contributed by atoms with van der Waals surface area (Å²) in [7, 11) is 0. The van der Waals surface area contributed by atoms with Crippen LogP contribution in [0.5, 0.6) is 0 Å². The Kier molecular flexibility index (Phi) is 5.72. The number of rotatable bonds is 6. The number of amides is 1. The molecule has 8 nitrogen and oxygen atoms in total. The summed E-state index contributed by atoms with van der Waals surface area (Å²) >= 11 is 0. The van der Waals surface area contributed by atoms with E-state index in [0.29, 0.717) is 31.8 Å².